The van der Waals surface area contributed by atoms with Crippen molar-refractivity contribution >= 4 is 11.7 Å². The number of carbonyl (C=O) groups excluding carboxylic acids is 1. The first-order valence-electron chi connectivity index (χ1n) is 7.42. The van der Waals surface area contributed by atoms with Gasteiger partial charge in [0.2, 0.25) is 0 Å². The molecular formula is C16H21NO3. The molecule has 2 aliphatic heterocycles. The second kappa shape index (κ2) is 6.27. The molecule has 1 N–H and O–H groups in total. The minimum Gasteiger partial charge on any atom is -0.465 e. The van der Waals surface area contributed by atoms with Crippen LogP contribution in [0.1, 0.15) is 30.7 Å². The standard InChI is InChI=1S/C16H21NO3/c18-16(20-11-12-6-9-19-10-7-12)14-5-8-17-15-4-2-1-3-13(14)15/h1-4,12,14,17H,5-11H2. The second-order valence-corrected chi connectivity index (χ2v) is 5.54. The highest BCUT2D eigenvalue weighted by Gasteiger charge is 2.28. The molecule has 0 saturated carbocycles. The third-order valence-electron chi connectivity index (χ3n) is 4.17. The fraction of sp³-hybridized carbons (Fsp3) is 0.562. The van der Waals surface area contributed by atoms with E-state index in [0.717, 1.165) is 50.3 Å². The summed E-state index contributed by atoms with van der Waals surface area (Å²) in [4.78, 5) is 12.3. The summed E-state index contributed by atoms with van der Waals surface area (Å²) >= 11 is 0. The lowest BCUT2D eigenvalue weighted by Crippen LogP contribution is -2.27. The Morgan fingerprint density at radius 2 is 2.05 bits per heavy atom. The molecule has 4 nitrogen and oxygen atoms in total. The Bertz CT molecular complexity index is 469. The molecule has 0 spiro atoms. The largest absolute Gasteiger partial charge is 0.465 e. The minimum atomic E-state index is -0.118. The predicted octanol–water partition coefficient (Wildman–Crippen LogP) is 2.56. The fourth-order valence-corrected chi connectivity index (χ4v) is 2.93. The van der Waals surface area contributed by atoms with Gasteiger partial charge in [0.05, 0.1) is 12.5 Å². The molecule has 1 unspecified atom stereocenters. The Morgan fingerprint density at radius 3 is 2.90 bits per heavy atom. The number of esters is 1. The molecule has 1 aromatic rings. The maximum atomic E-state index is 12.3. The van der Waals surface area contributed by atoms with E-state index in [9.17, 15) is 4.79 Å². The maximum Gasteiger partial charge on any atom is 0.313 e. The molecule has 1 saturated heterocycles. The van der Waals surface area contributed by atoms with E-state index in [1.807, 2.05) is 24.3 Å². The highest BCUT2D eigenvalue weighted by atomic mass is 16.5. The van der Waals surface area contributed by atoms with E-state index in [4.69, 9.17) is 9.47 Å². The van der Waals surface area contributed by atoms with Gasteiger partial charge in [-0.05, 0) is 36.8 Å². The summed E-state index contributed by atoms with van der Waals surface area (Å²) in [5, 5.41) is 3.33. The normalized spacial score (nSPS) is 22.7. The highest BCUT2D eigenvalue weighted by molar-refractivity contribution is 5.81. The van der Waals surface area contributed by atoms with Crippen LogP contribution in [0.25, 0.3) is 0 Å². The highest BCUT2D eigenvalue weighted by Crippen LogP contribution is 2.32. The molecule has 4 heteroatoms. The molecule has 1 aromatic carbocycles. The third kappa shape index (κ3) is 2.96. The van der Waals surface area contributed by atoms with Crippen LogP contribution in [0, 0.1) is 5.92 Å². The van der Waals surface area contributed by atoms with Gasteiger partial charge >= 0.3 is 5.97 Å². The molecule has 2 heterocycles. The lowest BCUT2D eigenvalue weighted by atomic mass is 9.91. The molecule has 0 bridgehead atoms. The van der Waals surface area contributed by atoms with Crippen LogP contribution in [0.5, 0.6) is 0 Å². The van der Waals surface area contributed by atoms with Crippen molar-refractivity contribution in [3.8, 4) is 0 Å². The first-order valence-corrected chi connectivity index (χ1v) is 7.42. The van der Waals surface area contributed by atoms with Crippen molar-refractivity contribution in [2.75, 3.05) is 31.7 Å². The van der Waals surface area contributed by atoms with E-state index in [-0.39, 0.29) is 11.9 Å². The zero-order valence-electron chi connectivity index (χ0n) is 11.6. The van der Waals surface area contributed by atoms with Gasteiger partial charge in [-0.15, -0.1) is 0 Å². The smallest absolute Gasteiger partial charge is 0.313 e. The predicted molar refractivity (Wildman–Crippen MR) is 76.8 cm³/mol. The Morgan fingerprint density at radius 1 is 1.25 bits per heavy atom. The van der Waals surface area contributed by atoms with Gasteiger partial charge in [0.25, 0.3) is 0 Å². The van der Waals surface area contributed by atoms with Crippen LogP contribution in [-0.2, 0) is 14.3 Å². The summed E-state index contributed by atoms with van der Waals surface area (Å²) in [5.41, 5.74) is 2.13. The Labute approximate surface area is 119 Å². The number of ether oxygens (including phenoxy) is 2. The number of hydrogen-bond donors (Lipinski definition) is 1. The molecule has 0 aromatic heterocycles. The zero-order valence-corrected chi connectivity index (χ0v) is 11.6. The molecule has 0 aliphatic carbocycles. The van der Waals surface area contributed by atoms with E-state index in [1.165, 1.54) is 0 Å². The van der Waals surface area contributed by atoms with Crippen molar-refractivity contribution in [1.29, 1.82) is 0 Å². The molecule has 108 valence electrons. The number of para-hydroxylation sites is 1. The molecule has 20 heavy (non-hydrogen) atoms. The molecular weight excluding hydrogens is 254 g/mol. The van der Waals surface area contributed by atoms with E-state index < -0.39 is 0 Å². The van der Waals surface area contributed by atoms with Crippen molar-refractivity contribution in [3.05, 3.63) is 29.8 Å². The van der Waals surface area contributed by atoms with E-state index in [0.29, 0.717) is 12.5 Å². The minimum absolute atomic E-state index is 0.0783. The molecule has 0 radical (unpaired) electrons. The van der Waals surface area contributed by atoms with Crippen molar-refractivity contribution in [3.63, 3.8) is 0 Å². The molecule has 1 atom stereocenters. The average molecular weight is 275 g/mol. The Kier molecular flexibility index (Phi) is 4.21. The van der Waals surface area contributed by atoms with Gasteiger partial charge in [-0.2, -0.15) is 0 Å². The van der Waals surface area contributed by atoms with Crippen molar-refractivity contribution in [2.45, 2.75) is 25.2 Å². The van der Waals surface area contributed by atoms with E-state index >= 15 is 0 Å². The third-order valence-corrected chi connectivity index (χ3v) is 4.17. The van der Waals surface area contributed by atoms with Gasteiger partial charge in [-0.1, -0.05) is 18.2 Å². The summed E-state index contributed by atoms with van der Waals surface area (Å²) < 4.78 is 10.9. The van der Waals surface area contributed by atoms with Crippen LogP contribution in [0.4, 0.5) is 5.69 Å². The Hall–Kier alpha value is -1.55. The van der Waals surface area contributed by atoms with Gasteiger partial charge in [0.1, 0.15) is 0 Å². The quantitative estimate of drug-likeness (QED) is 0.861. The number of hydrogen-bond acceptors (Lipinski definition) is 4. The lowest BCUT2D eigenvalue weighted by Gasteiger charge is -2.27. The fourth-order valence-electron chi connectivity index (χ4n) is 2.93. The van der Waals surface area contributed by atoms with Crippen molar-refractivity contribution < 1.29 is 14.3 Å². The SMILES string of the molecule is O=C(OCC1CCOCC1)C1CCNc2ccccc21. The maximum absolute atomic E-state index is 12.3. The monoisotopic (exact) mass is 275 g/mol. The van der Waals surface area contributed by atoms with E-state index in [2.05, 4.69) is 5.32 Å². The lowest BCUT2D eigenvalue weighted by molar-refractivity contribution is -0.148. The number of anilines is 1. The number of fused-ring (bicyclic) bond motifs is 1. The summed E-state index contributed by atoms with van der Waals surface area (Å²) in [6.07, 6.45) is 2.80. The number of benzene rings is 1. The van der Waals surface area contributed by atoms with Crippen molar-refractivity contribution in [2.24, 2.45) is 5.92 Å². The van der Waals surface area contributed by atoms with Crippen LogP contribution in [-0.4, -0.2) is 32.3 Å². The van der Waals surface area contributed by atoms with Gasteiger partial charge in [-0.3, -0.25) is 4.79 Å². The first kappa shape index (κ1) is 13.4. The van der Waals surface area contributed by atoms with Gasteiger partial charge in [0, 0.05) is 25.4 Å². The van der Waals surface area contributed by atoms with Crippen LogP contribution >= 0.6 is 0 Å². The number of rotatable bonds is 3. The molecule has 0 amide bonds. The summed E-state index contributed by atoms with van der Waals surface area (Å²) in [7, 11) is 0. The first-order chi connectivity index (χ1) is 9.84. The summed E-state index contributed by atoms with van der Waals surface area (Å²) in [5.74, 6) is 0.266. The van der Waals surface area contributed by atoms with Gasteiger partial charge in [-0.25, -0.2) is 0 Å². The second-order valence-electron chi connectivity index (χ2n) is 5.54. The number of carbonyl (C=O) groups is 1. The molecule has 1 fully saturated rings. The van der Waals surface area contributed by atoms with Gasteiger partial charge < -0.3 is 14.8 Å². The van der Waals surface area contributed by atoms with Crippen molar-refractivity contribution in [1.82, 2.24) is 0 Å². The topological polar surface area (TPSA) is 47.6 Å². The average Bonchev–Trinajstić information content (AvgIpc) is 2.53. The van der Waals surface area contributed by atoms with Gasteiger partial charge in [0.15, 0.2) is 0 Å². The zero-order chi connectivity index (χ0) is 13.8. The number of nitrogens with one attached hydrogen (secondary N) is 1. The van der Waals surface area contributed by atoms with E-state index in [1.54, 1.807) is 0 Å². The van der Waals surface area contributed by atoms with Crippen LogP contribution in [0.15, 0.2) is 24.3 Å². The Balaban J connectivity index is 1.60. The molecule has 2 aliphatic rings. The molecule has 3 rings (SSSR count). The summed E-state index contributed by atoms with van der Waals surface area (Å²) in [6, 6.07) is 8.00. The van der Waals surface area contributed by atoms with Crippen LogP contribution in [0.3, 0.4) is 0 Å². The summed E-state index contributed by atoms with van der Waals surface area (Å²) in [6.45, 7) is 2.94. The van der Waals surface area contributed by atoms with Crippen LogP contribution in [0.2, 0.25) is 0 Å². The van der Waals surface area contributed by atoms with Crippen LogP contribution < -0.4 is 5.32 Å².